The molecule has 21 heavy (non-hydrogen) atoms. The van der Waals surface area contributed by atoms with Crippen LogP contribution in [-0.4, -0.2) is 34.6 Å². The van der Waals surface area contributed by atoms with Gasteiger partial charge in [0.15, 0.2) is 0 Å². The number of aryl methyl sites for hydroxylation is 1. The van der Waals surface area contributed by atoms with Crippen molar-refractivity contribution in [1.29, 1.82) is 0 Å². The molecule has 1 fully saturated rings. The Kier molecular flexibility index (Phi) is 3.57. The lowest BCUT2D eigenvalue weighted by Crippen LogP contribution is -2.32. The van der Waals surface area contributed by atoms with Gasteiger partial charge in [0.1, 0.15) is 0 Å². The van der Waals surface area contributed by atoms with Gasteiger partial charge in [0, 0.05) is 13.1 Å². The highest BCUT2D eigenvalue weighted by molar-refractivity contribution is 5.78. The minimum Gasteiger partial charge on any atom is -0.306 e. The molecule has 0 radical (unpaired) electrons. The number of benzene rings is 1. The Balaban J connectivity index is 2.00. The van der Waals surface area contributed by atoms with Gasteiger partial charge in [-0.05, 0) is 49.5 Å². The monoisotopic (exact) mass is 285 g/mol. The van der Waals surface area contributed by atoms with Crippen molar-refractivity contribution in [2.75, 3.05) is 20.1 Å². The van der Waals surface area contributed by atoms with Crippen LogP contribution in [0.3, 0.4) is 0 Å². The predicted molar refractivity (Wildman–Crippen MR) is 85.6 cm³/mol. The van der Waals surface area contributed by atoms with Crippen LogP contribution in [0.5, 0.6) is 0 Å². The zero-order valence-electron chi connectivity index (χ0n) is 13.1. The Morgan fingerprint density at radius 2 is 2.19 bits per heavy atom. The summed E-state index contributed by atoms with van der Waals surface area (Å²) >= 11 is 0. The van der Waals surface area contributed by atoms with Gasteiger partial charge in [-0.2, -0.15) is 0 Å². The quantitative estimate of drug-likeness (QED) is 0.868. The smallest absolute Gasteiger partial charge is 0.261 e. The fourth-order valence-electron chi connectivity index (χ4n) is 3.35. The maximum atomic E-state index is 12.7. The first kappa shape index (κ1) is 14.3. The number of rotatable bonds is 3. The molecule has 1 aliphatic rings. The summed E-state index contributed by atoms with van der Waals surface area (Å²) in [4.78, 5) is 19.5. The molecule has 1 aliphatic heterocycles. The molecular formula is C17H23N3O. The first-order chi connectivity index (χ1) is 10.0. The Hall–Kier alpha value is -1.68. The number of likely N-dealkylation sites (tertiary alicyclic amines) is 1. The summed E-state index contributed by atoms with van der Waals surface area (Å²) in [5, 5.41) is 0.742. The lowest BCUT2D eigenvalue weighted by atomic mass is 9.90. The summed E-state index contributed by atoms with van der Waals surface area (Å²) in [7, 11) is 2.14. The third-order valence-corrected chi connectivity index (χ3v) is 4.60. The molecule has 1 aromatic carbocycles. The average Bonchev–Trinajstić information content (AvgIpc) is 2.81. The molecule has 0 N–H and O–H groups in total. The van der Waals surface area contributed by atoms with Crippen molar-refractivity contribution in [3.05, 3.63) is 40.4 Å². The van der Waals surface area contributed by atoms with Crippen molar-refractivity contribution < 1.29 is 0 Å². The molecule has 4 heteroatoms. The fraction of sp³-hybridized carbons (Fsp3) is 0.529. The molecule has 3 rings (SSSR count). The third kappa shape index (κ3) is 2.72. The van der Waals surface area contributed by atoms with E-state index in [-0.39, 0.29) is 11.0 Å². The van der Waals surface area contributed by atoms with Crippen LogP contribution in [0.2, 0.25) is 0 Å². The van der Waals surface area contributed by atoms with Crippen molar-refractivity contribution >= 4 is 10.9 Å². The maximum absolute atomic E-state index is 12.7. The molecule has 1 aromatic heterocycles. The number of fused-ring (bicyclic) bond motifs is 1. The van der Waals surface area contributed by atoms with Crippen molar-refractivity contribution in [1.82, 2.24) is 14.5 Å². The second-order valence-corrected chi connectivity index (χ2v) is 6.68. The second-order valence-electron chi connectivity index (χ2n) is 6.68. The van der Waals surface area contributed by atoms with E-state index >= 15 is 0 Å². The zero-order chi connectivity index (χ0) is 15.0. The van der Waals surface area contributed by atoms with Crippen LogP contribution < -0.4 is 5.56 Å². The Bertz CT molecular complexity index is 722. The minimum absolute atomic E-state index is 0.0890. The van der Waals surface area contributed by atoms with Gasteiger partial charge in [-0.3, -0.25) is 9.36 Å². The van der Waals surface area contributed by atoms with Crippen molar-refractivity contribution in [3.63, 3.8) is 0 Å². The summed E-state index contributed by atoms with van der Waals surface area (Å²) in [5.74, 6) is 0. The average molecular weight is 285 g/mol. The molecule has 0 spiro atoms. The van der Waals surface area contributed by atoms with E-state index in [0.29, 0.717) is 0 Å². The second kappa shape index (κ2) is 5.26. The molecule has 2 aromatic rings. The van der Waals surface area contributed by atoms with Crippen LogP contribution in [0, 0.1) is 5.41 Å². The van der Waals surface area contributed by atoms with Gasteiger partial charge in [-0.25, -0.2) is 4.98 Å². The van der Waals surface area contributed by atoms with Gasteiger partial charge in [-0.1, -0.05) is 19.9 Å². The van der Waals surface area contributed by atoms with E-state index < -0.39 is 0 Å². The summed E-state index contributed by atoms with van der Waals surface area (Å²) in [6.45, 7) is 7.25. The Labute approximate surface area is 125 Å². The fourth-order valence-corrected chi connectivity index (χ4v) is 3.35. The molecule has 0 amide bonds. The molecule has 1 unspecified atom stereocenters. The van der Waals surface area contributed by atoms with E-state index in [9.17, 15) is 4.79 Å². The Morgan fingerprint density at radius 3 is 2.86 bits per heavy atom. The standard InChI is InChI=1S/C17H23N3O/c1-4-13-5-6-15-14(9-13)16(21)20(12-18-15)11-17(2)7-8-19(3)10-17/h5-6,9,12H,4,7-8,10-11H2,1-3H3. The number of hydrogen-bond donors (Lipinski definition) is 0. The highest BCUT2D eigenvalue weighted by Crippen LogP contribution is 2.30. The van der Waals surface area contributed by atoms with E-state index in [1.807, 2.05) is 18.2 Å². The van der Waals surface area contributed by atoms with Crippen LogP contribution in [0.1, 0.15) is 25.8 Å². The lowest BCUT2D eigenvalue weighted by Gasteiger charge is -2.24. The summed E-state index contributed by atoms with van der Waals surface area (Å²) in [6.07, 6.45) is 3.77. The highest BCUT2D eigenvalue weighted by Gasteiger charge is 2.32. The third-order valence-electron chi connectivity index (χ3n) is 4.60. The normalized spacial score (nSPS) is 23.0. The largest absolute Gasteiger partial charge is 0.306 e. The van der Waals surface area contributed by atoms with Crippen LogP contribution in [0.25, 0.3) is 10.9 Å². The summed E-state index contributed by atoms with van der Waals surface area (Å²) < 4.78 is 1.79. The first-order valence-corrected chi connectivity index (χ1v) is 7.67. The first-order valence-electron chi connectivity index (χ1n) is 7.67. The highest BCUT2D eigenvalue weighted by atomic mass is 16.1. The Morgan fingerprint density at radius 1 is 1.38 bits per heavy atom. The van der Waals surface area contributed by atoms with Crippen LogP contribution in [-0.2, 0) is 13.0 Å². The summed E-state index contributed by atoms with van der Waals surface area (Å²) in [6, 6.07) is 5.99. The number of nitrogens with zero attached hydrogens (tertiary/aromatic N) is 3. The van der Waals surface area contributed by atoms with Gasteiger partial charge in [-0.15, -0.1) is 0 Å². The van der Waals surface area contributed by atoms with Gasteiger partial charge in [0.05, 0.1) is 17.2 Å². The van der Waals surface area contributed by atoms with Gasteiger partial charge >= 0.3 is 0 Å². The van der Waals surface area contributed by atoms with Crippen molar-refractivity contribution in [3.8, 4) is 0 Å². The molecule has 0 saturated carbocycles. The zero-order valence-corrected chi connectivity index (χ0v) is 13.1. The molecule has 2 heterocycles. The molecule has 0 aliphatic carbocycles. The van der Waals surface area contributed by atoms with Gasteiger partial charge in [0.2, 0.25) is 0 Å². The molecular weight excluding hydrogens is 262 g/mol. The molecule has 1 saturated heterocycles. The topological polar surface area (TPSA) is 38.1 Å². The van der Waals surface area contributed by atoms with Crippen molar-refractivity contribution in [2.24, 2.45) is 5.41 Å². The molecule has 0 bridgehead atoms. The minimum atomic E-state index is 0.0890. The number of aromatic nitrogens is 2. The summed E-state index contributed by atoms with van der Waals surface area (Å²) in [5.41, 5.74) is 2.23. The van der Waals surface area contributed by atoms with Crippen LogP contribution in [0.15, 0.2) is 29.3 Å². The van der Waals surface area contributed by atoms with E-state index in [0.717, 1.165) is 43.4 Å². The SMILES string of the molecule is CCc1ccc2ncn(CC3(C)CCN(C)C3)c(=O)c2c1. The van der Waals surface area contributed by atoms with Crippen molar-refractivity contribution in [2.45, 2.75) is 33.2 Å². The molecule has 1 atom stereocenters. The predicted octanol–water partition coefficient (Wildman–Crippen LogP) is 2.30. The van der Waals surface area contributed by atoms with Gasteiger partial charge < -0.3 is 4.90 Å². The maximum Gasteiger partial charge on any atom is 0.261 e. The number of hydrogen-bond acceptors (Lipinski definition) is 3. The van der Waals surface area contributed by atoms with Gasteiger partial charge in [0.25, 0.3) is 5.56 Å². The van der Waals surface area contributed by atoms with Crippen LogP contribution in [0.4, 0.5) is 0 Å². The lowest BCUT2D eigenvalue weighted by molar-refractivity contribution is 0.265. The van der Waals surface area contributed by atoms with Crippen LogP contribution >= 0.6 is 0 Å². The van der Waals surface area contributed by atoms with E-state index in [1.165, 1.54) is 5.56 Å². The van der Waals surface area contributed by atoms with E-state index in [2.05, 4.69) is 30.8 Å². The van der Waals surface area contributed by atoms with E-state index in [4.69, 9.17) is 0 Å². The molecule has 4 nitrogen and oxygen atoms in total. The van der Waals surface area contributed by atoms with E-state index in [1.54, 1.807) is 10.9 Å². The molecule has 112 valence electrons.